The lowest BCUT2D eigenvalue weighted by atomic mass is 10.00. The topological polar surface area (TPSA) is 73.9 Å². The van der Waals surface area contributed by atoms with Crippen LogP contribution in [-0.2, 0) is 0 Å². The molecule has 1 atom stereocenters. The first kappa shape index (κ1) is 18.6. The minimum absolute atomic E-state index is 0.0359. The van der Waals surface area contributed by atoms with E-state index >= 15 is 0 Å². The fourth-order valence-electron chi connectivity index (χ4n) is 3.84. The van der Waals surface area contributed by atoms with Gasteiger partial charge in [-0.1, -0.05) is 28.9 Å². The summed E-state index contributed by atoms with van der Waals surface area (Å²) in [6, 6.07) is 10.7. The highest BCUT2D eigenvalue weighted by molar-refractivity contribution is 6.31. The molecule has 2 aromatic rings. The summed E-state index contributed by atoms with van der Waals surface area (Å²) in [7, 11) is 0. The van der Waals surface area contributed by atoms with Gasteiger partial charge >= 0.3 is 0 Å². The molecular weight excluding hydrogens is 383 g/mol. The average molecular weight is 403 g/mol. The quantitative estimate of drug-likeness (QED) is 0.201. The summed E-state index contributed by atoms with van der Waals surface area (Å²) < 4.78 is 15.3. The molecule has 0 aliphatic carbocycles. The second-order valence-electron chi connectivity index (χ2n) is 6.93. The van der Waals surface area contributed by atoms with E-state index in [2.05, 4.69) is 10.5 Å². The van der Waals surface area contributed by atoms with Gasteiger partial charge in [-0.15, -0.1) is 0 Å². The van der Waals surface area contributed by atoms with Gasteiger partial charge in [0, 0.05) is 23.8 Å². The molecule has 8 heteroatoms. The molecule has 1 saturated heterocycles. The van der Waals surface area contributed by atoms with Crippen molar-refractivity contribution in [3.05, 3.63) is 69.6 Å². The zero-order valence-corrected chi connectivity index (χ0v) is 15.9. The van der Waals surface area contributed by atoms with Gasteiger partial charge in [-0.2, -0.15) is 0 Å². The van der Waals surface area contributed by atoms with E-state index in [-0.39, 0.29) is 17.8 Å². The number of anilines is 1. The molecule has 28 heavy (non-hydrogen) atoms. The van der Waals surface area contributed by atoms with Crippen molar-refractivity contribution in [2.45, 2.75) is 18.9 Å². The van der Waals surface area contributed by atoms with Crippen molar-refractivity contribution in [2.75, 3.05) is 25.0 Å². The third-order valence-electron chi connectivity index (χ3n) is 5.14. The zero-order chi connectivity index (χ0) is 19.7. The Hall–Kier alpha value is -2.80. The van der Waals surface area contributed by atoms with Gasteiger partial charge in [0.05, 0.1) is 11.1 Å². The molecule has 2 heterocycles. The van der Waals surface area contributed by atoms with Crippen LogP contribution in [0, 0.1) is 11.0 Å². The summed E-state index contributed by atoms with van der Waals surface area (Å²) in [4.78, 5) is 1.97. The fraction of sp³-hybridized carbons (Fsp3) is 0.300. The van der Waals surface area contributed by atoms with Crippen molar-refractivity contribution in [1.82, 2.24) is 4.90 Å². The van der Waals surface area contributed by atoms with Crippen LogP contribution < -0.4 is 5.32 Å². The molecule has 1 unspecified atom stereocenters. The maximum absolute atomic E-state index is 14.5. The largest absolute Gasteiger partial charge is 0.623 e. The van der Waals surface area contributed by atoms with Crippen LogP contribution in [0.5, 0.6) is 0 Å². The molecule has 2 aromatic carbocycles. The van der Waals surface area contributed by atoms with Crippen molar-refractivity contribution in [3.63, 3.8) is 0 Å². The van der Waals surface area contributed by atoms with Crippen LogP contribution in [0.25, 0.3) is 0 Å². The lowest BCUT2D eigenvalue weighted by Crippen LogP contribution is -2.45. The minimum Gasteiger partial charge on any atom is -0.623 e. The summed E-state index contributed by atoms with van der Waals surface area (Å²) >= 11 is 6.17. The molecule has 0 radical (unpaired) electrons. The van der Waals surface area contributed by atoms with Gasteiger partial charge in [-0.05, 0) is 43.2 Å². The maximum atomic E-state index is 14.5. The summed E-state index contributed by atoms with van der Waals surface area (Å²) in [5, 5.41) is 30.0. The molecule has 4 rings (SSSR count). The van der Waals surface area contributed by atoms with Gasteiger partial charge < -0.3 is 20.6 Å². The van der Waals surface area contributed by atoms with Gasteiger partial charge in [0.25, 0.3) is 0 Å². The molecule has 6 nitrogen and oxygen atoms in total. The average Bonchev–Trinajstić information content (AvgIpc) is 3.16. The number of amidine groups is 1. The number of likely N-dealkylation sites (tertiary alicyclic amines) is 1. The number of benzodiazepines with no additional fused rings is 1. The molecule has 1 fully saturated rings. The Kier molecular flexibility index (Phi) is 5.09. The first-order valence-corrected chi connectivity index (χ1v) is 9.56. The SMILES string of the molecule is [O-][N+]1=C(c2ccccc2F)c2cc(Cl)ccc2NC(/C(=N/O)N2CCCC2)C1. The second kappa shape index (κ2) is 7.67. The van der Waals surface area contributed by atoms with E-state index in [0.29, 0.717) is 22.1 Å². The predicted octanol–water partition coefficient (Wildman–Crippen LogP) is 3.50. The molecule has 2 N–H and O–H groups in total. The monoisotopic (exact) mass is 402 g/mol. The van der Waals surface area contributed by atoms with E-state index in [4.69, 9.17) is 11.6 Å². The van der Waals surface area contributed by atoms with Crippen molar-refractivity contribution in [3.8, 4) is 0 Å². The van der Waals surface area contributed by atoms with Crippen molar-refractivity contribution < 1.29 is 14.3 Å². The van der Waals surface area contributed by atoms with E-state index in [1.54, 1.807) is 36.4 Å². The molecular formula is C20H20ClFN4O2. The molecule has 0 saturated carbocycles. The van der Waals surface area contributed by atoms with Crippen molar-refractivity contribution in [1.29, 1.82) is 0 Å². The number of hydrogen-bond acceptors (Lipinski definition) is 4. The lowest BCUT2D eigenvalue weighted by Gasteiger charge is -2.25. The number of nitrogens with zero attached hydrogens (tertiary/aromatic N) is 3. The van der Waals surface area contributed by atoms with Gasteiger partial charge in [0.2, 0.25) is 5.71 Å². The van der Waals surface area contributed by atoms with Crippen molar-refractivity contribution >= 4 is 28.8 Å². The molecule has 0 bridgehead atoms. The highest BCUT2D eigenvalue weighted by atomic mass is 35.5. The Bertz CT molecular complexity index is 957. The lowest BCUT2D eigenvalue weighted by molar-refractivity contribution is -0.455. The summed E-state index contributed by atoms with van der Waals surface area (Å²) in [6.07, 6.45) is 2.01. The number of benzene rings is 2. The Balaban J connectivity index is 1.85. The van der Waals surface area contributed by atoms with Gasteiger partial charge in [-0.3, -0.25) is 0 Å². The van der Waals surface area contributed by atoms with Crippen LogP contribution in [-0.4, -0.2) is 52.1 Å². The van der Waals surface area contributed by atoms with Crippen LogP contribution in [0.3, 0.4) is 0 Å². The number of oxime groups is 1. The standard InChI is InChI=1S/C20H20ClFN4O2/c21-13-7-8-17-15(11-13)19(14-5-1-2-6-16(14)22)26(28)12-18(23-17)20(24-27)25-9-3-4-10-25/h1-2,5-8,11,18,23,27H,3-4,9-10,12H2/b24-20-. The van der Waals surface area contributed by atoms with Crippen molar-refractivity contribution in [2.24, 2.45) is 5.16 Å². The van der Waals surface area contributed by atoms with Crippen LogP contribution in [0.1, 0.15) is 24.0 Å². The molecule has 0 spiro atoms. The van der Waals surface area contributed by atoms with Gasteiger partial charge in [0.15, 0.2) is 12.4 Å². The minimum atomic E-state index is -0.551. The summed E-state index contributed by atoms with van der Waals surface area (Å²) in [6.45, 7) is 1.51. The number of hydroxylamine groups is 1. The van der Waals surface area contributed by atoms with Gasteiger partial charge in [-0.25, -0.2) is 9.13 Å². The van der Waals surface area contributed by atoms with Crippen LogP contribution >= 0.6 is 11.6 Å². The molecule has 2 aliphatic heterocycles. The van der Waals surface area contributed by atoms with Crippen LogP contribution in [0.15, 0.2) is 47.6 Å². The summed E-state index contributed by atoms with van der Waals surface area (Å²) in [5.74, 6) is -0.0765. The second-order valence-corrected chi connectivity index (χ2v) is 7.37. The van der Waals surface area contributed by atoms with Crippen LogP contribution in [0.2, 0.25) is 5.02 Å². The first-order chi connectivity index (χ1) is 13.6. The Morgan fingerprint density at radius 3 is 2.68 bits per heavy atom. The highest BCUT2D eigenvalue weighted by Gasteiger charge is 2.34. The van der Waals surface area contributed by atoms with Gasteiger partial charge in [0.1, 0.15) is 11.9 Å². The smallest absolute Gasteiger partial charge is 0.230 e. The molecule has 2 aliphatic rings. The van der Waals surface area contributed by atoms with E-state index in [9.17, 15) is 14.8 Å². The third-order valence-corrected chi connectivity index (χ3v) is 5.37. The Labute approximate surface area is 167 Å². The number of nitrogens with one attached hydrogen (secondary N) is 1. The predicted molar refractivity (Wildman–Crippen MR) is 107 cm³/mol. The third kappa shape index (κ3) is 3.38. The first-order valence-electron chi connectivity index (χ1n) is 9.18. The normalized spacial score (nSPS) is 20.0. The van der Waals surface area contributed by atoms with E-state index in [1.807, 2.05) is 4.90 Å². The maximum Gasteiger partial charge on any atom is 0.230 e. The number of rotatable bonds is 2. The summed E-state index contributed by atoms with van der Waals surface area (Å²) in [5.41, 5.74) is 1.54. The van der Waals surface area contributed by atoms with Crippen LogP contribution in [0.4, 0.5) is 10.1 Å². The zero-order valence-electron chi connectivity index (χ0n) is 15.1. The Morgan fingerprint density at radius 2 is 1.96 bits per heavy atom. The molecule has 146 valence electrons. The van der Waals surface area contributed by atoms with E-state index in [1.165, 1.54) is 6.07 Å². The highest BCUT2D eigenvalue weighted by Crippen LogP contribution is 2.28. The fourth-order valence-corrected chi connectivity index (χ4v) is 4.01. The van der Waals surface area contributed by atoms with E-state index < -0.39 is 11.9 Å². The number of hydrogen-bond donors (Lipinski definition) is 2. The van der Waals surface area contributed by atoms with E-state index in [0.717, 1.165) is 30.7 Å². The number of fused-ring (bicyclic) bond motifs is 1. The Morgan fingerprint density at radius 1 is 1.21 bits per heavy atom. The molecule has 0 amide bonds. The molecule has 0 aromatic heterocycles. The number of halogens is 2.